The van der Waals surface area contributed by atoms with E-state index in [1.54, 1.807) is 25.1 Å². The molecule has 0 spiro atoms. The largest absolute Gasteiger partial charge is 0.462 e. The van der Waals surface area contributed by atoms with E-state index in [4.69, 9.17) is 15.2 Å². The van der Waals surface area contributed by atoms with Gasteiger partial charge in [-0.1, -0.05) is 0 Å². The zero-order valence-electron chi connectivity index (χ0n) is 15.0. The van der Waals surface area contributed by atoms with E-state index in [2.05, 4.69) is 5.32 Å². The van der Waals surface area contributed by atoms with Crippen LogP contribution in [0.2, 0.25) is 0 Å². The summed E-state index contributed by atoms with van der Waals surface area (Å²) in [5, 5.41) is 2.81. The van der Waals surface area contributed by atoms with Gasteiger partial charge in [-0.15, -0.1) is 0 Å². The van der Waals surface area contributed by atoms with Gasteiger partial charge in [0, 0.05) is 12.2 Å². The highest BCUT2D eigenvalue weighted by Crippen LogP contribution is 2.16. The average molecular weight is 336 g/mol. The Bertz CT molecular complexity index is 565. The molecule has 6 nitrogen and oxygen atoms in total. The first-order valence-corrected chi connectivity index (χ1v) is 8.19. The fourth-order valence-corrected chi connectivity index (χ4v) is 2.00. The molecule has 0 heterocycles. The molecule has 134 valence electrons. The van der Waals surface area contributed by atoms with Crippen molar-refractivity contribution in [1.82, 2.24) is 5.32 Å². The van der Waals surface area contributed by atoms with Gasteiger partial charge in [0.1, 0.15) is 6.61 Å². The molecule has 6 heteroatoms. The maximum Gasteiger partial charge on any atom is 0.338 e. The monoisotopic (exact) mass is 336 g/mol. The SMILES string of the molecule is CCOC(=O)c1ccc(N)c(CCCNC(=O)COC(C)(C)C)c1. The van der Waals surface area contributed by atoms with Gasteiger partial charge in [0.25, 0.3) is 0 Å². The van der Waals surface area contributed by atoms with Crippen molar-refractivity contribution in [2.45, 2.75) is 46.1 Å². The predicted octanol–water partition coefficient (Wildman–Crippen LogP) is 2.31. The minimum atomic E-state index is -0.355. The van der Waals surface area contributed by atoms with E-state index in [0.29, 0.717) is 30.8 Å². The van der Waals surface area contributed by atoms with Crippen LogP contribution in [0.25, 0.3) is 0 Å². The minimum Gasteiger partial charge on any atom is -0.462 e. The summed E-state index contributed by atoms with van der Waals surface area (Å²) in [6, 6.07) is 5.11. The van der Waals surface area contributed by atoms with Crippen LogP contribution in [0.5, 0.6) is 0 Å². The molecular weight excluding hydrogens is 308 g/mol. The highest BCUT2D eigenvalue weighted by atomic mass is 16.5. The van der Waals surface area contributed by atoms with Gasteiger partial charge >= 0.3 is 5.97 Å². The van der Waals surface area contributed by atoms with E-state index in [1.807, 2.05) is 20.8 Å². The Hall–Kier alpha value is -2.08. The smallest absolute Gasteiger partial charge is 0.338 e. The van der Waals surface area contributed by atoms with E-state index >= 15 is 0 Å². The topological polar surface area (TPSA) is 90.6 Å². The van der Waals surface area contributed by atoms with Crippen LogP contribution in [-0.2, 0) is 20.7 Å². The highest BCUT2D eigenvalue weighted by Gasteiger charge is 2.13. The molecule has 1 aromatic rings. The normalized spacial score (nSPS) is 11.2. The number of benzene rings is 1. The van der Waals surface area contributed by atoms with Crippen molar-refractivity contribution in [2.75, 3.05) is 25.5 Å². The van der Waals surface area contributed by atoms with E-state index in [9.17, 15) is 9.59 Å². The molecule has 0 aliphatic heterocycles. The van der Waals surface area contributed by atoms with Gasteiger partial charge < -0.3 is 20.5 Å². The number of anilines is 1. The zero-order chi connectivity index (χ0) is 18.2. The van der Waals surface area contributed by atoms with Gasteiger partial charge in [-0.05, 0) is 64.3 Å². The molecule has 0 aromatic heterocycles. The van der Waals surface area contributed by atoms with Crippen LogP contribution >= 0.6 is 0 Å². The highest BCUT2D eigenvalue weighted by molar-refractivity contribution is 5.90. The average Bonchev–Trinajstić information content (AvgIpc) is 2.50. The number of nitrogen functional groups attached to an aromatic ring is 1. The lowest BCUT2D eigenvalue weighted by atomic mass is 10.0. The molecule has 1 aromatic carbocycles. The fourth-order valence-electron chi connectivity index (χ4n) is 2.00. The molecule has 0 fully saturated rings. The molecule has 1 amide bonds. The van der Waals surface area contributed by atoms with Crippen LogP contribution in [0.3, 0.4) is 0 Å². The first-order valence-electron chi connectivity index (χ1n) is 8.19. The van der Waals surface area contributed by atoms with Gasteiger partial charge in [0.05, 0.1) is 17.8 Å². The molecule has 0 bridgehead atoms. The van der Waals surface area contributed by atoms with Gasteiger partial charge in [-0.2, -0.15) is 0 Å². The summed E-state index contributed by atoms with van der Waals surface area (Å²) in [6.45, 7) is 8.38. The third-order valence-electron chi connectivity index (χ3n) is 3.24. The summed E-state index contributed by atoms with van der Waals surface area (Å²) in [7, 11) is 0. The van der Waals surface area contributed by atoms with Crippen LogP contribution < -0.4 is 11.1 Å². The van der Waals surface area contributed by atoms with Gasteiger partial charge in [-0.25, -0.2) is 4.79 Å². The van der Waals surface area contributed by atoms with Crippen LogP contribution in [-0.4, -0.2) is 37.2 Å². The van der Waals surface area contributed by atoms with Crippen LogP contribution in [0.15, 0.2) is 18.2 Å². The van der Waals surface area contributed by atoms with E-state index in [1.165, 1.54) is 0 Å². The van der Waals surface area contributed by atoms with Crippen molar-refractivity contribution >= 4 is 17.6 Å². The zero-order valence-corrected chi connectivity index (χ0v) is 15.0. The minimum absolute atomic E-state index is 0.0456. The van der Waals surface area contributed by atoms with E-state index in [-0.39, 0.29) is 24.1 Å². The summed E-state index contributed by atoms with van der Waals surface area (Å²) in [5.74, 6) is -0.496. The first-order chi connectivity index (χ1) is 11.2. The second-order valence-electron chi connectivity index (χ2n) is 6.49. The Labute approximate surface area is 143 Å². The number of amides is 1. The second-order valence-corrected chi connectivity index (χ2v) is 6.49. The molecule has 1 rings (SSSR count). The van der Waals surface area contributed by atoms with Crippen LogP contribution in [0.4, 0.5) is 5.69 Å². The van der Waals surface area contributed by atoms with Gasteiger partial charge in [-0.3, -0.25) is 4.79 Å². The molecule has 0 radical (unpaired) electrons. The lowest BCUT2D eigenvalue weighted by Gasteiger charge is -2.19. The number of hydrogen-bond donors (Lipinski definition) is 2. The molecular formula is C18H28N2O4. The Balaban J connectivity index is 2.43. The van der Waals surface area contributed by atoms with Gasteiger partial charge in [0.2, 0.25) is 5.91 Å². The maximum absolute atomic E-state index is 11.7. The van der Waals surface area contributed by atoms with Gasteiger partial charge in [0.15, 0.2) is 0 Å². The second kappa shape index (κ2) is 9.27. The first kappa shape index (κ1) is 20.0. The molecule has 0 aliphatic rings. The van der Waals surface area contributed by atoms with Crippen LogP contribution in [0, 0.1) is 0 Å². The molecule has 0 saturated carbocycles. The quantitative estimate of drug-likeness (QED) is 0.432. The van der Waals surface area contributed by atoms with Crippen molar-refractivity contribution in [2.24, 2.45) is 0 Å². The van der Waals surface area contributed by atoms with Crippen molar-refractivity contribution in [3.63, 3.8) is 0 Å². The molecule has 24 heavy (non-hydrogen) atoms. The molecule has 0 aliphatic carbocycles. The number of nitrogens with two attached hydrogens (primary N) is 1. The van der Waals surface area contributed by atoms with Crippen molar-refractivity contribution < 1.29 is 19.1 Å². The summed E-state index contributed by atoms with van der Waals surface area (Å²) in [4.78, 5) is 23.4. The number of rotatable bonds is 8. The summed E-state index contributed by atoms with van der Waals surface area (Å²) in [5.41, 5.74) is 7.60. The Kier molecular flexibility index (Phi) is 7.71. The van der Waals surface area contributed by atoms with Crippen molar-refractivity contribution in [3.05, 3.63) is 29.3 Å². The Morgan fingerprint density at radius 3 is 2.58 bits per heavy atom. The standard InChI is InChI=1S/C18H28N2O4/c1-5-23-17(22)14-8-9-15(19)13(11-14)7-6-10-20-16(21)12-24-18(2,3)4/h8-9,11H,5-7,10,12,19H2,1-4H3,(H,20,21). The third-order valence-corrected chi connectivity index (χ3v) is 3.24. The number of carbonyl (C=O) groups excluding carboxylic acids is 2. The number of carbonyl (C=O) groups is 2. The Morgan fingerprint density at radius 2 is 1.96 bits per heavy atom. The maximum atomic E-state index is 11.7. The summed E-state index contributed by atoms with van der Waals surface area (Å²) in [6.07, 6.45) is 1.39. The molecule has 0 unspecified atom stereocenters. The van der Waals surface area contributed by atoms with Crippen molar-refractivity contribution in [3.8, 4) is 0 Å². The fraction of sp³-hybridized carbons (Fsp3) is 0.556. The van der Waals surface area contributed by atoms with E-state index in [0.717, 1.165) is 12.0 Å². The lowest BCUT2D eigenvalue weighted by Crippen LogP contribution is -2.32. The molecule has 0 saturated heterocycles. The molecule has 0 atom stereocenters. The number of ether oxygens (including phenoxy) is 2. The summed E-state index contributed by atoms with van der Waals surface area (Å²) >= 11 is 0. The van der Waals surface area contributed by atoms with E-state index < -0.39 is 0 Å². The number of aryl methyl sites for hydroxylation is 1. The number of esters is 1. The molecule has 3 N–H and O–H groups in total. The summed E-state index contributed by atoms with van der Waals surface area (Å²) < 4.78 is 10.4. The number of nitrogens with one attached hydrogen (secondary N) is 1. The lowest BCUT2D eigenvalue weighted by molar-refractivity contribution is -0.130. The van der Waals surface area contributed by atoms with Crippen LogP contribution in [0.1, 0.15) is 50.0 Å². The third kappa shape index (κ3) is 7.46. The van der Waals surface area contributed by atoms with Crippen molar-refractivity contribution in [1.29, 1.82) is 0 Å². The number of hydrogen-bond acceptors (Lipinski definition) is 5. The predicted molar refractivity (Wildman–Crippen MR) is 93.8 cm³/mol. The Morgan fingerprint density at radius 1 is 1.25 bits per heavy atom.